The van der Waals surface area contributed by atoms with Gasteiger partial charge in [-0.3, -0.25) is 14.8 Å². The van der Waals surface area contributed by atoms with Crippen LogP contribution in [0.15, 0.2) is 85.3 Å². The van der Waals surface area contributed by atoms with Crippen molar-refractivity contribution in [3.05, 3.63) is 108 Å². The van der Waals surface area contributed by atoms with Gasteiger partial charge in [-0.15, -0.1) is 0 Å². The number of rotatable bonds is 8. The third-order valence-electron chi connectivity index (χ3n) is 5.08. The number of hydrogen-bond donors (Lipinski definition) is 2. The van der Waals surface area contributed by atoms with E-state index in [0.717, 1.165) is 11.3 Å². The predicted octanol–water partition coefficient (Wildman–Crippen LogP) is 3.95. The highest BCUT2D eigenvalue weighted by Crippen LogP contribution is 2.31. The summed E-state index contributed by atoms with van der Waals surface area (Å²) >= 11 is 0. The average molecular weight is 427 g/mol. The van der Waals surface area contributed by atoms with Crippen LogP contribution in [0.2, 0.25) is 0 Å². The topological polar surface area (TPSA) is 93.8 Å². The maximum Gasteiger partial charge on any atom is 0.229 e. The molecule has 32 heavy (non-hydrogen) atoms. The van der Waals surface area contributed by atoms with E-state index in [4.69, 9.17) is 10.7 Å². The van der Waals surface area contributed by atoms with Crippen LogP contribution in [0, 0.1) is 5.82 Å². The molecule has 4 rings (SSSR count). The Labute approximate surface area is 185 Å². The summed E-state index contributed by atoms with van der Waals surface area (Å²) in [5.41, 5.74) is 9.48. The zero-order valence-corrected chi connectivity index (χ0v) is 17.3. The second kappa shape index (κ2) is 9.78. The first kappa shape index (κ1) is 21.1. The molecule has 6 nitrogen and oxygen atoms in total. The van der Waals surface area contributed by atoms with E-state index in [2.05, 4.69) is 15.3 Å². The van der Waals surface area contributed by atoms with Crippen LogP contribution in [0.4, 0.5) is 10.2 Å². The summed E-state index contributed by atoms with van der Waals surface area (Å²) in [4.78, 5) is 25.6. The van der Waals surface area contributed by atoms with E-state index in [1.807, 2.05) is 30.3 Å². The first-order chi connectivity index (χ1) is 15.6. The number of pyridine rings is 3. The van der Waals surface area contributed by atoms with Gasteiger partial charge >= 0.3 is 0 Å². The van der Waals surface area contributed by atoms with Crippen molar-refractivity contribution in [2.45, 2.75) is 12.3 Å². The number of carbonyl (C=O) groups is 1. The molecule has 0 radical (unpaired) electrons. The average Bonchev–Trinajstić information content (AvgIpc) is 2.82. The van der Waals surface area contributed by atoms with Crippen LogP contribution < -0.4 is 11.1 Å². The zero-order valence-electron chi connectivity index (χ0n) is 17.3. The van der Waals surface area contributed by atoms with Crippen molar-refractivity contribution < 1.29 is 9.18 Å². The largest absolute Gasteiger partial charge is 0.369 e. The number of halogens is 1. The van der Waals surface area contributed by atoms with Crippen LogP contribution in [0.1, 0.15) is 22.7 Å². The third-order valence-corrected chi connectivity index (χ3v) is 5.08. The fourth-order valence-electron chi connectivity index (χ4n) is 3.52. The van der Waals surface area contributed by atoms with Gasteiger partial charge in [-0.25, -0.2) is 9.37 Å². The number of nitrogens with zero attached hydrogens (tertiary/aromatic N) is 3. The van der Waals surface area contributed by atoms with Crippen LogP contribution in [0.5, 0.6) is 0 Å². The highest BCUT2D eigenvalue weighted by molar-refractivity contribution is 5.87. The Hall–Kier alpha value is -4.13. The second-order valence-corrected chi connectivity index (χ2v) is 7.26. The van der Waals surface area contributed by atoms with Crippen molar-refractivity contribution in [1.29, 1.82) is 0 Å². The summed E-state index contributed by atoms with van der Waals surface area (Å²) in [5.74, 6) is -0.988. The molecule has 0 bridgehead atoms. The highest BCUT2D eigenvalue weighted by atomic mass is 19.1. The molecule has 0 saturated carbocycles. The monoisotopic (exact) mass is 427 g/mol. The molecule has 4 aromatic rings. The molecule has 160 valence electrons. The first-order valence-electron chi connectivity index (χ1n) is 10.2. The van der Waals surface area contributed by atoms with Gasteiger partial charge in [-0.05, 0) is 54.1 Å². The van der Waals surface area contributed by atoms with Gasteiger partial charge < -0.3 is 11.1 Å². The molecule has 1 aromatic carbocycles. The van der Waals surface area contributed by atoms with Crippen LogP contribution in [-0.2, 0) is 11.2 Å². The fourth-order valence-corrected chi connectivity index (χ4v) is 3.52. The Morgan fingerprint density at radius 2 is 1.84 bits per heavy atom. The van der Waals surface area contributed by atoms with E-state index < -0.39 is 11.8 Å². The van der Waals surface area contributed by atoms with Crippen LogP contribution in [0.25, 0.3) is 11.3 Å². The Morgan fingerprint density at radius 1 is 1.00 bits per heavy atom. The van der Waals surface area contributed by atoms with Crippen LogP contribution in [0.3, 0.4) is 0 Å². The van der Waals surface area contributed by atoms with Gasteiger partial charge in [0.05, 0.1) is 11.6 Å². The number of amides is 1. The number of anilines is 1. The summed E-state index contributed by atoms with van der Waals surface area (Å²) in [7, 11) is 0. The molecular weight excluding hydrogens is 405 g/mol. The number of benzene rings is 1. The lowest BCUT2D eigenvalue weighted by molar-refractivity contribution is -0.118. The van der Waals surface area contributed by atoms with Gasteiger partial charge in [0.25, 0.3) is 0 Å². The summed E-state index contributed by atoms with van der Waals surface area (Å²) in [6.07, 6.45) is 5.70. The van der Waals surface area contributed by atoms with Gasteiger partial charge in [0, 0.05) is 48.4 Å². The maximum atomic E-state index is 13.4. The summed E-state index contributed by atoms with van der Waals surface area (Å²) in [6.45, 7) is 0.558. The summed E-state index contributed by atoms with van der Waals surface area (Å²) in [5, 5.41) is 3.34. The molecule has 3 aromatic heterocycles. The van der Waals surface area contributed by atoms with Crippen molar-refractivity contribution in [1.82, 2.24) is 15.0 Å². The molecule has 0 saturated heterocycles. The minimum absolute atomic E-state index is 0.315. The maximum absolute atomic E-state index is 13.4. The lowest BCUT2D eigenvalue weighted by Gasteiger charge is -2.19. The standard InChI is InChI=1S/C25H22FN5O/c26-19-8-6-17(7-9-19)22-11-10-21(23(24(27)32)18-4-3-13-28-16-18)25(31-22)30-15-12-20-5-1-2-14-29-20/h1-11,13-14,16,23H,12,15H2,(H2,27,32)(H,30,31). The number of aromatic nitrogens is 3. The van der Waals surface area contributed by atoms with Crippen molar-refractivity contribution in [3.8, 4) is 11.3 Å². The van der Waals surface area contributed by atoms with Gasteiger partial charge in [0.2, 0.25) is 5.91 Å². The van der Waals surface area contributed by atoms with Crippen LogP contribution in [-0.4, -0.2) is 27.4 Å². The molecule has 0 aliphatic heterocycles. The Kier molecular flexibility index (Phi) is 6.46. The minimum Gasteiger partial charge on any atom is -0.369 e. The number of hydrogen-bond acceptors (Lipinski definition) is 5. The Bertz CT molecular complexity index is 1180. The molecule has 0 aliphatic carbocycles. The highest BCUT2D eigenvalue weighted by Gasteiger charge is 2.24. The lowest BCUT2D eigenvalue weighted by atomic mass is 9.91. The lowest BCUT2D eigenvalue weighted by Crippen LogP contribution is -2.24. The molecule has 1 atom stereocenters. The predicted molar refractivity (Wildman–Crippen MR) is 121 cm³/mol. The molecular formula is C25H22FN5O. The van der Waals surface area contributed by atoms with Gasteiger partial charge in [-0.2, -0.15) is 0 Å². The minimum atomic E-state index is -0.712. The molecule has 0 aliphatic rings. The van der Waals surface area contributed by atoms with Gasteiger partial charge in [0.15, 0.2) is 0 Å². The normalized spacial score (nSPS) is 11.7. The first-order valence-corrected chi connectivity index (χ1v) is 10.2. The number of nitrogens with two attached hydrogens (primary N) is 1. The van der Waals surface area contributed by atoms with E-state index in [-0.39, 0.29) is 5.82 Å². The van der Waals surface area contributed by atoms with Crippen molar-refractivity contribution >= 4 is 11.7 Å². The second-order valence-electron chi connectivity index (χ2n) is 7.26. The van der Waals surface area contributed by atoms with Gasteiger partial charge in [0.1, 0.15) is 11.6 Å². The fraction of sp³-hybridized carbons (Fsp3) is 0.120. The van der Waals surface area contributed by atoms with Crippen molar-refractivity contribution in [3.63, 3.8) is 0 Å². The molecule has 7 heteroatoms. The van der Waals surface area contributed by atoms with Crippen molar-refractivity contribution in [2.24, 2.45) is 5.73 Å². The molecule has 3 N–H and O–H groups in total. The summed E-state index contributed by atoms with van der Waals surface area (Å²) < 4.78 is 13.4. The van der Waals surface area contributed by atoms with E-state index in [1.165, 1.54) is 12.1 Å². The Morgan fingerprint density at radius 3 is 2.53 bits per heavy atom. The summed E-state index contributed by atoms with van der Waals surface area (Å²) in [6, 6.07) is 19.1. The molecule has 0 spiro atoms. The Balaban J connectivity index is 1.70. The molecule has 1 unspecified atom stereocenters. The zero-order chi connectivity index (χ0) is 22.3. The molecule has 1 amide bonds. The van der Waals surface area contributed by atoms with Crippen molar-refractivity contribution in [2.75, 3.05) is 11.9 Å². The smallest absolute Gasteiger partial charge is 0.229 e. The van der Waals surface area contributed by atoms with E-state index in [9.17, 15) is 9.18 Å². The third kappa shape index (κ3) is 4.95. The van der Waals surface area contributed by atoms with E-state index in [1.54, 1.807) is 42.9 Å². The van der Waals surface area contributed by atoms with Gasteiger partial charge in [-0.1, -0.05) is 18.2 Å². The number of nitrogens with one attached hydrogen (secondary N) is 1. The van der Waals surface area contributed by atoms with Crippen LogP contribution >= 0.6 is 0 Å². The van der Waals surface area contributed by atoms with E-state index in [0.29, 0.717) is 35.6 Å². The number of primary amides is 1. The number of carbonyl (C=O) groups excluding carboxylic acids is 1. The molecule has 3 heterocycles. The quantitative estimate of drug-likeness (QED) is 0.444. The molecule has 0 fully saturated rings. The van der Waals surface area contributed by atoms with E-state index >= 15 is 0 Å². The SMILES string of the molecule is NC(=O)C(c1cccnc1)c1ccc(-c2ccc(F)cc2)nc1NCCc1ccccn1.